The van der Waals surface area contributed by atoms with Crippen molar-refractivity contribution < 1.29 is 0 Å². The van der Waals surface area contributed by atoms with Crippen molar-refractivity contribution in [3.8, 4) is 0 Å². The second kappa shape index (κ2) is 5.11. The van der Waals surface area contributed by atoms with E-state index in [1.54, 1.807) is 10.9 Å². The molecule has 6 nitrogen and oxygen atoms in total. The van der Waals surface area contributed by atoms with Gasteiger partial charge in [0, 0.05) is 32.2 Å². The summed E-state index contributed by atoms with van der Waals surface area (Å²) in [5.74, 6) is 5.57. The van der Waals surface area contributed by atoms with Gasteiger partial charge in [0.15, 0.2) is 0 Å². The van der Waals surface area contributed by atoms with Gasteiger partial charge in [-0.3, -0.25) is 20.6 Å². The lowest BCUT2D eigenvalue weighted by Crippen LogP contribution is -2.29. The van der Waals surface area contributed by atoms with E-state index < -0.39 is 0 Å². The van der Waals surface area contributed by atoms with Gasteiger partial charge in [0.2, 0.25) is 0 Å². The third kappa shape index (κ3) is 2.72. The Morgan fingerprint density at radius 2 is 2.24 bits per heavy atom. The number of nitrogens with zero attached hydrogens (tertiary/aromatic N) is 4. The Morgan fingerprint density at radius 1 is 1.41 bits per heavy atom. The summed E-state index contributed by atoms with van der Waals surface area (Å²) in [4.78, 5) is 0. The lowest BCUT2D eigenvalue weighted by atomic mass is 10.1. The summed E-state index contributed by atoms with van der Waals surface area (Å²) in [6, 6.07) is 4.07. The van der Waals surface area contributed by atoms with Crippen LogP contribution in [-0.2, 0) is 20.5 Å². The largest absolute Gasteiger partial charge is 0.275 e. The summed E-state index contributed by atoms with van der Waals surface area (Å²) in [5, 5.41) is 8.50. The number of aryl methyl sites for hydroxylation is 3. The molecule has 0 fully saturated rings. The first-order valence-corrected chi connectivity index (χ1v) is 5.63. The van der Waals surface area contributed by atoms with E-state index >= 15 is 0 Å². The summed E-state index contributed by atoms with van der Waals surface area (Å²) in [7, 11) is 3.85. The smallest absolute Gasteiger partial charge is 0.0807 e. The SMILES string of the molecule is Cn1ccc(C(CCc2ccnn2C)NN)n1. The minimum absolute atomic E-state index is 0.0751. The first-order valence-electron chi connectivity index (χ1n) is 5.63. The highest BCUT2D eigenvalue weighted by Gasteiger charge is 2.13. The molecule has 92 valence electrons. The molecule has 17 heavy (non-hydrogen) atoms. The predicted molar refractivity (Wildman–Crippen MR) is 64.8 cm³/mol. The third-order valence-corrected chi connectivity index (χ3v) is 2.90. The Kier molecular flexibility index (Phi) is 3.55. The maximum Gasteiger partial charge on any atom is 0.0807 e. The molecule has 0 aliphatic carbocycles. The van der Waals surface area contributed by atoms with Crippen molar-refractivity contribution in [1.29, 1.82) is 0 Å². The first kappa shape index (κ1) is 11.8. The molecule has 0 bridgehead atoms. The minimum atomic E-state index is 0.0751. The van der Waals surface area contributed by atoms with Gasteiger partial charge in [-0.1, -0.05) is 0 Å². The Labute approximate surface area is 100 Å². The van der Waals surface area contributed by atoms with Gasteiger partial charge in [0.1, 0.15) is 0 Å². The number of aromatic nitrogens is 4. The highest BCUT2D eigenvalue weighted by molar-refractivity contribution is 5.07. The third-order valence-electron chi connectivity index (χ3n) is 2.90. The van der Waals surface area contributed by atoms with Crippen LogP contribution in [0.1, 0.15) is 23.9 Å². The van der Waals surface area contributed by atoms with Gasteiger partial charge in [-0.25, -0.2) is 0 Å². The summed E-state index contributed by atoms with van der Waals surface area (Å²) in [5.41, 5.74) is 4.97. The summed E-state index contributed by atoms with van der Waals surface area (Å²) < 4.78 is 3.66. The Bertz CT molecular complexity index is 472. The fourth-order valence-corrected chi connectivity index (χ4v) is 1.87. The molecule has 3 N–H and O–H groups in total. The Morgan fingerprint density at radius 3 is 2.76 bits per heavy atom. The molecule has 2 aromatic heterocycles. The topological polar surface area (TPSA) is 73.7 Å². The first-order chi connectivity index (χ1) is 8.20. The monoisotopic (exact) mass is 234 g/mol. The summed E-state index contributed by atoms with van der Waals surface area (Å²) in [6.45, 7) is 0. The number of hydrogen-bond donors (Lipinski definition) is 2. The molecule has 1 atom stereocenters. The number of hydrogen-bond acceptors (Lipinski definition) is 4. The summed E-state index contributed by atoms with van der Waals surface area (Å²) in [6.07, 6.45) is 5.54. The molecule has 0 aromatic carbocycles. The van der Waals surface area contributed by atoms with E-state index in [1.165, 1.54) is 5.69 Å². The summed E-state index contributed by atoms with van der Waals surface area (Å²) >= 11 is 0. The zero-order valence-electron chi connectivity index (χ0n) is 10.2. The second-order valence-corrected chi connectivity index (χ2v) is 4.12. The maximum atomic E-state index is 5.57. The van der Waals surface area contributed by atoms with E-state index in [1.807, 2.05) is 37.1 Å². The van der Waals surface area contributed by atoms with Crippen LogP contribution >= 0.6 is 0 Å². The molecule has 1 unspecified atom stereocenters. The molecule has 6 heteroatoms. The molecular weight excluding hydrogens is 216 g/mol. The molecule has 0 saturated carbocycles. The van der Waals surface area contributed by atoms with Crippen LogP contribution in [-0.4, -0.2) is 19.6 Å². The molecule has 2 rings (SSSR count). The van der Waals surface area contributed by atoms with Gasteiger partial charge >= 0.3 is 0 Å². The molecule has 2 aromatic rings. The average molecular weight is 234 g/mol. The maximum absolute atomic E-state index is 5.57. The Hall–Kier alpha value is -1.66. The van der Waals surface area contributed by atoms with Gasteiger partial charge in [-0.2, -0.15) is 10.2 Å². The predicted octanol–water partition coefficient (Wildman–Crippen LogP) is 0.291. The number of hydrazine groups is 1. The van der Waals surface area contributed by atoms with Crippen LogP contribution in [0.15, 0.2) is 24.5 Å². The van der Waals surface area contributed by atoms with Gasteiger partial charge in [-0.05, 0) is 25.0 Å². The van der Waals surface area contributed by atoms with Crippen LogP contribution in [0.3, 0.4) is 0 Å². The highest BCUT2D eigenvalue weighted by atomic mass is 15.3. The van der Waals surface area contributed by atoms with E-state index in [4.69, 9.17) is 5.84 Å². The number of nitrogens with one attached hydrogen (secondary N) is 1. The van der Waals surface area contributed by atoms with Crippen molar-refractivity contribution >= 4 is 0 Å². The molecule has 0 aliphatic heterocycles. The molecule has 2 heterocycles. The molecule has 0 saturated heterocycles. The van der Waals surface area contributed by atoms with Crippen LogP contribution in [0.4, 0.5) is 0 Å². The van der Waals surface area contributed by atoms with Crippen molar-refractivity contribution in [2.45, 2.75) is 18.9 Å². The van der Waals surface area contributed by atoms with E-state index in [2.05, 4.69) is 15.6 Å². The normalized spacial score (nSPS) is 12.9. The van der Waals surface area contributed by atoms with Crippen molar-refractivity contribution in [3.05, 3.63) is 35.9 Å². The minimum Gasteiger partial charge on any atom is -0.275 e. The number of nitrogens with two attached hydrogens (primary N) is 1. The van der Waals surface area contributed by atoms with E-state index in [0.717, 1.165) is 18.5 Å². The second-order valence-electron chi connectivity index (χ2n) is 4.12. The lowest BCUT2D eigenvalue weighted by Gasteiger charge is -2.13. The molecule has 0 spiro atoms. The van der Waals surface area contributed by atoms with E-state index in [9.17, 15) is 0 Å². The van der Waals surface area contributed by atoms with Gasteiger partial charge in [-0.15, -0.1) is 0 Å². The van der Waals surface area contributed by atoms with Gasteiger partial charge < -0.3 is 0 Å². The molecule has 0 aliphatic rings. The van der Waals surface area contributed by atoms with Crippen LogP contribution in [0, 0.1) is 0 Å². The zero-order valence-corrected chi connectivity index (χ0v) is 10.2. The standard InChI is InChI=1S/C11H18N6/c1-16-8-6-11(15-16)10(14-12)4-3-9-5-7-13-17(9)2/h5-8,10,14H,3-4,12H2,1-2H3. The average Bonchev–Trinajstić information content (AvgIpc) is 2.90. The highest BCUT2D eigenvalue weighted by Crippen LogP contribution is 2.16. The van der Waals surface area contributed by atoms with Crippen molar-refractivity contribution in [1.82, 2.24) is 25.0 Å². The van der Waals surface area contributed by atoms with Crippen LogP contribution in [0.5, 0.6) is 0 Å². The molecule has 0 amide bonds. The fourth-order valence-electron chi connectivity index (χ4n) is 1.87. The van der Waals surface area contributed by atoms with Crippen molar-refractivity contribution in [2.75, 3.05) is 0 Å². The van der Waals surface area contributed by atoms with Gasteiger partial charge in [0.25, 0.3) is 0 Å². The quantitative estimate of drug-likeness (QED) is 0.576. The van der Waals surface area contributed by atoms with E-state index in [-0.39, 0.29) is 6.04 Å². The lowest BCUT2D eigenvalue weighted by molar-refractivity contribution is 0.490. The van der Waals surface area contributed by atoms with Crippen molar-refractivity contribution in [2.24, 2.45) is 19.9 Å². The Balaban J connectivity index is 1.99. The molecule has 0 radical (unpaired) electrons. The van der Waals surface area contributed by atoms with E-state index in [0.29, 0.717) is 0 Å². The zero-order chi connectivity index (χ0) is 12.3. The fraction of sp³-hybridized carbons (Fsp3) is 0.455. The van der Waals surface area contributed by atoms with Gasteiger partial charge in [0.05, 0.1) is 11.7 Å². The van der Waals surface area contributed by atoms with Crippen LogP contribution in [0.25, 0.3) is 0 Å². The van der Waals surface area contributed by atoms with Crippen LogP contribution in [0.2, 0.25) is 0 Å². The molecular formula is C11H18N6. The van der Waals surface area contributed by atoms with Crippen molar-refractivity contribution in [3.63, 3.8) is 0 Å². The van der Waals surface area contributed by atoms with Crippen LogP contribution < -0.4 is 11.3 Å². The number of rotatable bonds is 5.